The number of nitrogens with one attached hydrogen (secondary N) is 1. The van der Waals surface area contributed by atoms with E-state index in [0.29, 0.717) is 31.0 Å². The van der Waals surface area contributed by atoms with E-state index in [1.165, 1.54) is 19.3 Å². The van der Waals surface area contributed by atoms with Crippen LogP contribution in [0.2, 0.25) is 0 Å². The topological polar surface area (TPSA) is 118 Å². The van der Waals surface area contributed by atoms with E-state index in [9.17, 15) is 23.9 Å². The quantitative estimate of drug-likeness (QED) is 0.470. The van der Waals surface area contributed by atoms with E-state index in [1.54, 1.807) is 29.8 Å². The first-order chi connectivity index (χ1) is 18.8. The highest BCUT2D eigenvalue weighted by Crippen LogP contribution is 2.41. The van der Waals surface area contributed by atoms with Crippen LogP contribution in [0.25, 0.3) is 10.9 Å². The van der Waals surface area contributed by atoms with Crippen molar-refractivity contribution in [3.63, 3.8) is 0 Å². The number of fused-ring (bicyclic) bond motifs is 1. The number of hydrogen-bond acceptors (Lipinski definition) is 4. The van der Waals surface area contributed by atoms with Crippen molar-refractivity contribution in [2.75, 3.05) is 18.5 Å². The molecule has 3 aliphatic rings. The standard InChI is InChI=1S/C30H41FN4O4/c1-34-25-12-11-22(15-21(25)16-26(34)30(38)39)33-28(36)27-23(18-5-3-2-4-6-18)13-14-35(27)29(37)20-9-7-19(8-10-20)24(32)17-31/h11-12,15-16,18-20,23-24,27H,2-10,13-14,17,32H2,1H3,(H,33,36)(H,38,39)/t19?,20?,23-,24?,27-/m0/s1. The molecular formula is C30H41FN4O4. The fourth-order valence-corrected chi connectivity index (χ4v) is 7.46. The number of aromatic nitrogens is 1. The number of carbonyl (C=O) groups is 3. The van der Waals surface area contributed by atoms with Crippen molar-refractivity contribution in [2.24, 2.45) is 36.5 Å². The van der Waals surface area contributed by atoms with Crippen molar-refractivity contribution in [1.29, 1.82) is 0 Å². The number of carboxylic acids is 1. The minimum atomic E-state index is -1.00. The van der Waals surface area contributed by atoms with Gasteiger partial charge in [0.15, 0.2) is 0 Å². The molecule has 1 aliphatic heterocycles. The lowest BCUT2D eigenvalue weighted by Gasteiger charge is -2.36. The number of halogens is 1. The predicted octanol–water partition coefficient (Wildman–Crippen LogP) is 4.72. The Hall–Kier alpha value is -2.94. The van der Waals surface area contributed by atoms with Crippen LogP contribution in [0.15, 0.2) is 24.3 Å². The van der Waals surface area contributed by atoms with Crippen molar-refractivity contribution in [3.8, 4) is 0 Å². The third-order valence-corrected chi connectivity index (χ3v) is 9.69. The van der Waals surface area contributed by atoms with Crippen LogP contribution in [0.5, 0.6) is 0 Å². The minimum Gasteiger partial charge on any atom is -0.477 e. The highest BCUT2D eigenvalue weighted by Gasteiger charge is 2.47. The first kappa shape index (κ1) is 27.6. The number of rotatable bonds is 7. The van der Waals surface area contributed by atoms with Gasteiger partial charge in [-0.2, -0.15) is 0 Å². The predicted molar refractivity (Wildman–Crippen MR) is 148 cm³/mol. The van der Waals surface area contributed by atoms with Gasteiger partial charge in [0.1, 0.15) is 18.4 Å². The molecule has 8 nitrogen and oxygen atoms in total. The zero-order chi connectivity index (χ0) is 27.7. The van der Waals surface area contributed by atoms with Crippen LogP contribution in [0.1, 0.15) is 74.7 Å². The number of amides is 2. The molecule has 3 fully saturated rings. The lowest BCUT2D eigenvalue weighted by Crippen LogP contribution is -2.50. The fourth-order valence-electron chi connectivity index (χ4n) is 7.46. The molecule has 1 aromatic carbocycles. The van der Waals surface area contributed by atoms with Crippen LogP contribution < -0.4 is 11.1 Å². The second kappa shape index (κ2) is 11.7. The molecule has 1 aromatic heterocycles. The van der Waals surface area contributed by atoms with Crippen LogP contribution in [0, 0.1) is 23.7 Å². The summed E-state index contributed by atoms with van der Waals surface area (Å²) in [6, 6.07) is 6.02. The van der Waals surface area contributed by atoms with Crippen LogP contribution in [0.3, 0.4) is 0 Å². The van der Waals surface area contributed by atoms with E-state index in [4.69, 9.17) is 5.73 Å². The molecule has 1 saturated heterocycles. The van der Waals surface area contributed by atoms with Gasteiger partial charge in [-0.05, 0) is 74.1 Å². The molecule has 3 atom stereocenters. The molecule has 0 spiro atoms. The molecule has 5 rings (SSSR count). The van der Waals surface area contributed by atoms with Gasteiger partial charge in [-0.15, -0.1) is 0 Å². The Balaban J connectivity index is 1.35. The van der Waals surface area contributed by atoms with Crippen LogP contribution in [0.4, 0.5) is 10.1 Å². The number of carboxylic acid groups (broad SMARTS) is 1. The highest BCUT2D eigenvalue weighted by molar-refractivity contribution is 6.01. The maximum atomic E-state index is 13.9. The number of benzene rings is 1. The highest BCUT2D eigenvalue weighted by atomic mass is 19.1. The Kier molecular flexibility index (Phi) is 8.26. The summed E-state index contributed by atoms with van der Waals surface area (Å²) in [5.74, 6) is -0.603. The molecule has 2 aliphatic carbocycles. The van der Waals surface area contributed by atoms with Crippen molar-refractivity contribution >= 4 is 34.4 Å². The largest absolute Gasteiger partial charge is 0.477 e. The number of hydrogen-bond donors (Lipinski definition) is 3. The molecule has 2 heterocycles. The zero-order valence-corrected chi connectivity index (χ0v) is 22.8. The summed E-state index contributed by atoms with van der Waals surface area (Å²) in [6.07, 6.45) is 9.44. The smallest absolute Gasteiger partial charge is 0.352 e. The minimum absolute atomic E-state index is 0.0466. The molecule has 39 heavy (non-hydrogen) atoms. The Morgan fingerprint density at radius 2 is 1.77 bits per heavy atom. The molecule has 0 radical (unpaired) electrons. The number of nitrogens with zero attached hydrogens (tertiary/aromatic N) is 2. The van der Waals surface area contributed by atoms with Crippen LogP contribution >= 0.6 is 0 Å². The third kappa shape index (κ3) is 5.55. The summed E-state index contributed by atoms with van der Waals surface area (Å²) < 4.78 is 14.7. The normalized spacial score (nSPS) is 27.0. The van der Waals surface area contributed by atoms with Gasteiger partial charge in [-0.1, -0.05) is 32.1 Å². The first-order valence-electron chi connectivity index (χ1n) is 14.5. The molecule has 2 saturated carbocycles. The molecule has 212 valence electrons. The van der Waals surface area contributed by atoms with Gasteiger partial charge in [0.2, 0.25) is 11.8 Å². The average Bonchev–Trinajstić information content (AvgIpc) is 3.54. The van der Waals surface area contributed by atoms with Gasteiger partial charge in [0.05, 0.1) is 0 Å². The summed E-state index contributed by atoms with van der Waals surface area (Å²) in [7, 11) is 1.71. The van der Waals surface area contributed by atoms with E-state index in [2.05, 4.69) is 5.32 Å². The molecular weight excluding hydrogens is 499 g/mol. The Bertz CT molecular complexity index is 1220. The molecule has 2 aromatic rings. The molecule has 0 bridgehead atoms. The lowest BCUT2D eigenvalue weighted by atomic mass is 9.76. The van der Waals surface area contributed by atoms with E-state index in [1.807, 2.05) is 11.0 Å². The Morgan fingerprint density at radius 3 is 2.44 bits per heavy atom. The summed E-state index contributed by atoms with van der Waals surface area (Å²) in [5, 5.41) is 13.3. The monoisotopic (exact) mass is 540 g/mol. The molecule has 2 amide bonds. The van der Waals surface area contributed by atoms with Gasteiger partial charge in [0, 0.05) is 42.1 Å². The Morgan fingerprint density at radius 1 is 1.05 bits per heavy atom. The summed E-state index contributed by atoms with van der Waals surface area (Å²) in [5.41, 5.74) is 7.48. The average molecular weight is 541 g/mol. The fraction of sp³-hybridized carbons (Fsp3) is 0.633. The number of aromatic carboxylic acids is 1. The number of carbonyl (C=O) groups excluding carboxylic acids is 2. The summed E-state index contributed by atoms with van der Waals surface area (Å²) >= 11 is 0. The third-order valence-electron chi connectivity index (χ3n) is 9.69. The summed E-state index contributed by atoms with van der Waals surface area (Å²) in [6.45, 7) is 0.0504. The van der Waals surface area contributed by atoms with E-state index >= 15 is 0 Å². The van der Waals surface area contributed by atoms with Crippen molar-refractivity contribution < 1.29 is 23.9 Å². The molecule has 9 heteroatoms. The van der Waals surface area contributed by atoms with E-state index in [0.717, 1.165) is 43.0 Å². The molecule has 1 unspecified atom stereocenters. The maximum absolute atomic E-state index is 13.9. The lowest BCUT2D eigenvalue weighted by molar-refractivity contribution is -0.142. The first-order valence-corrected chi connectivity index (χ1v) is 14.5. The number of anilines is 1. The van der Waals surface area contributed by atoms with Gasteiger partial charge >= 0.3 is 5.97 Å². The van der Waals surface area contributed by atoms with Crippen molar-refractivity contribution in [1.82, 2.24) is 9.47 Å². The van der Waals surface area contributed by atoms with Gasteiger partial charge in [-0.25, -0.2) is 9.18 Å². The number of aryl methyl sites for hydroxylation is 1. The van der Waals surface area contributed by atoms with Gasteiger partial charge in [0.25, 0.3) is 0 Å². The number of nitrogens with two attached hydrogens (primary N) is 1. The van der Waals surface area contributed by atoms with Crippen LogP contribution in [-0.2, 0) is 16.6 Å². The number of alkyl halides is 1. The van der Waals surface area contributed by atoms with Gasteiger partial charge in [-0.3, -0.25) is 9.59 Å². The second-order valence-electron chi connectivity index (χ2n) is 11.9. The van der Waals surface area contributed by atoms with Crippen molar-refractivity contribution in [2.45, 2.75) is 76.3 Å². The summed E-state index contributed by atoms with van der Waals surface area (Å²) in [4.78, 5) is 41.1. The van der Waals surface area contributed by atoms with E-state index in [-0.39, 0.29) is 35.3 Å². The van der Waals surface area contributed by atoms with Gasteiger partial charge < -0.3 is 25.6 Å². The van der Waals surface area contributed by atoms with E-state index < -0.39 is 24.7 Å². The maximum Gasteiger partial charge on any atom is 0.352 e. The SMILES string of the molecule is Cn1c(C(=O)O)cc2cc(NC(=O)[C@@H]3[C@H](C4CCCCC4)CCN3C(=O)C3CCC(C(N)CF)CC3)ccc21. The van der Waals surface area contributed by atoms with Crippen LogP contribution in [-0.4, -0.2) is 57.7 Å². The number of likely N-dealkylation sites (tertiary alicyclic amines) is 1. The molecule has 4 N–H and O–H groups in total. The second-order valence-corrected chi connectivity index (χ2v) is 11.9. The van der Waals surface area contributed by atoms with Crippen molar-refractivity contribution in [3.05, 3.63) is 30.0 Å². The zero-order valence-electron chi connectivity index (χ0n) is 22.8. The Labute approximate surface area is 229 Å².